The van der Waals surface area contributed by atoms with Crippen LogP contribution in [0.15, 0.2) is 29.2 Å². The Kier molecular flexibility index (Phi) is 7.12. The van der Waals surface area contributed by atoms with Crippen molar-refractivity contribution in [2.45, 2.75) is 62.8 Å². The quantitative estimate of drug-likeness (QED) is 0.754. The van der Waals surface area contributed by atoms with Gasteiger partial charge in [0.2, 0.25) is 15.9 Å². The minimum atomic E-state index is -3.48. The largest absolute Gasteiger partial charge is 0.352 e. The lowest BCUT2D eigenvalue weighted by Crippen LogP contribution is -2.51. The average Bonchev–Trinajstić information content (AvgIpc) is 3.20. The Hall–Kier alpha value is -1.44. The van der Waals surface area contributed by atoms with Gasteiger partial charge in [-0.15, -0.1) is 0 Å². The van der Waals surface area contributed by atoms with Gasteiger partial charge >= 0.3 is 0 Å². The number of piperazine rings is 1. The summed E-state index contributed by atoms with van der Waals surface area (Å²) >= 11 is 0. The van der Waals surface area contributed by atoms with E-state index in [0.29, 0.717) is 49.6 Å². The molecule has 2 aliphatic rings. The van der Waals surface area contributed by atoms with Crippen LogP contribution in [0.2, 0.25) is 0 Å². The van der Waals surface area contributed by atoms with Crippen molar-refractivity contribution in [1.82, 2.24) is 14.5 Å². The Morgan fingerprint density at radius 1 is 1.11 bits per heavy atom. The zero-order valence-electron chi connectivity index (χ0n) is 17.1. The summed E-state index contributed by atoms with van der Waals surface area (Å²) in [5, 5.41) is 3.10. The van der Waals surface area contributed by atoms with Crippen LogP contribution in [0.25, 0.3) is 0 Å². The van der Waals surface area contributed by atoms with Crippen molar-refractivity contribution in [2.24, 2.45) is 0 Å². The highest BCUT2D eigenvalue weighted by atomic mass is 32.2. The van der Waals surface area contributed by atoms with Crippen LogP contribution >= 0.6 is 0 Å². The van der Waals surface area contributed by atoms with Crippen LogP contribution in [0.3, 0.4) is 0 Å². The summed E-state index contributed by atoms with van der Waals surface area (Å²) in [6.07, 6.45) is 5.57. The normalized spacial score (nSPS) is 20.9. The maximum Gasteiger partial charge on any atom is 0.243 e. The predicted molar refractivity (Wildman–Crippen MR) is 111 cm³/mol. The molecule has 0 bridgehead atoms. The first kappa shape index (κ1) is 21.3. The molecule has 3 rings (SSSR count). The number of benzene rings is 1. The number of nitrogens with zero attached hydrogens (tertiary/aromatic N) is 2. The van der Waals surface area contributed by atoms with Gasteiger partial charge < -0.3 is 5.32 Å². The maximum atomic E-state index is 12.9. The minimum Gasteiger partial charge on any atom is -0.352 e. The molecule has 156 valence electrons. The Labute approximate surface area is 169 Å². The highest BCUT2D eigenvalue weighted by molar-refractivity contribution is 7.89. The van der Waals surface area contributed by atoms with E-state index in [0.717, 1.165) is 19.3 Å². The lowest BCUT2D eigenvalue weighted by molar-refractivity contribution is -0.123. The molecule has 1 saturated heterocycles. The summed E-state index contributed by atoms with van der Waals surface area (Å²) in [4.78, 5) is 14.6. The fourth-order valence-corrected chi connectivity index (χ4v) is 5.45. The van der Waals surface area contributed by atoms with Crippen molar-refractivity contribution in [1.29, 1.82) is 0 Å². The molecule has 1 aromatic rings. The summed E-state index contributed by atoms with van der Waals surface area (Å²) in [6, 6.07) is 7.61. The number of rotatable bonds is 7. The molecular weight excluding hydrogens is 374 g/mol. The van der Waals surface area contributed by atoms with Gasteiger partial charge in [-0.1, -0.05) is 38.8 Å². The lowest BCUT2D eigenvalue weighted by Gasteiger charge is -2.33. The molecule has 1 N–H and O–H groups in total. The average molecular weight is 408 g/mol. The van der Waals surface area contributed by atoms with E-state index < -0.39 is 10.0 Å². The number of sulfonamides is 1. The third-order valence-electron chi connectivity index (χ3n) is 6.12. The van der Waals surface area contributed by atoms with E-state index in [9.17, 15) is 13.2 Å². The summed E-state index contributed by atoms with van der Waals surface area (Å²) in [5.74, 6) is 0.486. The smallest absolute Gasteiger partial charge is 0.243 e. The molecule has 1 heterocycles. The van der Waals surface area contributed by atoms with Gasteiger partial charge in [0, 0.05) is 32.2 Å². The monoisotopic (exact) mass is 407 g/mol. The van der Waals surface area contributed by atoms with Crippen molar-refractivity contribution in [3.8, 4) is 0 Å². The van der Waals surface area contributed by atoms with E-state index in [1.807, 2.05) is 17.0 Å². The predicted octanol–water partition coefficient (Wildman–Crippen LogP) is 2.57. The lowest BCUT2D eigenvalue weighted by atomic mass is 9.99. The molecule has 1 saturated carbocycles. The molecule has 1 amide bonds. The van der Waals surface area contributed by atoms with Crippen molar-refractivity contribution < 1.29 is 13.2 Å². The molecule has 1 atom stereocenters. The fourth-order valence-electron chi connectivity index (χ4n) is 4.03. The molecule has 1 aliphatic carbocycles. The summed E-state index contributed by atoms with van der Waals surface area (Å²) < 4.78 is 27.4. The van der Waals surface area contributed by atoms with Gasteiger partial charge in [-0.3, -0.25) is 9.69 Å². The van der Waals surface area contributed by atoms with Crippen LogP contribution in [0.1, 0.15) is 57.4 Å². The third kappa shape index (κ3) is 5.13. The SMILES string of the molecule is CCC(C)c1ccc(S(=O)(=O)N2CCN(CC(=O)NC3CCCC3)CC2)cc1. The number of nitrogens with one attached hydrogen (secondary N) is 1. The second kappa shape index (κ2) is 9.37. The van der Waals surface area contributed by atoms with Gasteiger partial charge in [-0.25, -0.2) is 8.42 Å². The highest BCUT2D eigenvalue weighted by Gasteiger charge is 2.29. The molecule has 0 radical (unpaired) electrons. The van der Waals surface area contributed by atoms with Gasteiger partial charge in [0.15, 0.2) is 0 Å². The van der Waals surface area contributed by atoms with Gasteiger partial charge in [0.1, 0.15) is 0 Å². The number of carbonyl (C=O) groups is 1. The van der Waals surface area contributed by atoms with Crippen LogP contribution in [0, 0.1) is 0 Å². The zero-order chi connectivity index (χ0) is 20.1. The van der Waals surface area contributed by atoms with E-state index in [1.165, 1.54) is 22.7 Å². The van der Waals surface area contributed by atoms with Gasteiger partial charge in [0.05, 0.1) is 11.4 Å². The first-order chi connectivity index (χ1) is 13.4. The van der Waals surface area contributed by atoms with Crippen molar-refractivity contribution in [3.63, 3.8) is 0 Å². The van der Waals surface area contributed by atoms with E-state index in [4.69, 9.17) is 0 Å². The Balaban J connectivity index is 1.52. The van der Waals surface area contributed by atoms with Crippen LogP contribution < -0.4 is 5.32 Å². The van der Waals surface area contributed by atoms with Crippen LogP contribution in [0.4, 0.5) is 0 Å². The van der Waals surface area contributed by atoms with Gasteiger partial charge in [0.25, 0.3) is 0 Å². The summed E-state index contributed by atoms with van der Waals surface area (Å²) in [5.41, 5.74) is 1.17. The third-order valence-corrected chi connectivity index (χ3v) is 8.03. The van der Waals surface area contributed by atoms with Gasteiger partial charge in [-0.2, -0.15) is 4.31 Å². The maximum absolute atomic E-state index is 12.9. The molecule has 1 aliphatic heterocycles. The molecule has 28 heavy (non-hydrogen) atoms. The minimum absolute atomic E-state index is 0.0591. The van der Waals surface area contributed by atoms with Crippen LogP contribution in [0.5, 0.6) is 0 Å². The summed E-state index contributed by atoms with van der Waals surface area (Å²) in [7, 11) is -3.48. The molecule has 1 unspecified atom stereocenters. The Bertz CT molecular complexity index is 750. The van der Waals surface area contributed by atoms with Crippen molar-refractivity contribution in [2.75, 3.05) is 32.7 Å². The Morgan fingerprint density at radius 2 is 1.71 bits per heavy atom. The Morgan fingerprint density at radius 3 is 2.29 bits per heavy atom. The van der Waals surface area contributed by atoms with Crippen molar-refractivity contribution >= 4 is 15.9 Å². The second-order valence-corrected chi connectivity index (χ2v) is 10.0. The molecule has 7 heteroatoms. The molecule has 2 fully saturated rings. The van der Waals surface area contributed by atoms with Gasteiger partial charge in [-0.05, 0) is 42.9 Å². The standard InChI is InChI=1S/C21H33N3O3S/c1-3-17(2)18-8-10-20(11-9-18)28(26,27)24-14-12-23(13-15-24)16-21(25)22-19-6-4-5-7-19/h8-11,17,19H,3-7,12-16H2,1-2H3,(H,22,25). The number of hydrogen-bond acceptors (Lipinski definition) is 4. The fraction of sp³-hybridized carbons (Fsp3) is 0.667. The molecular formula is C21H33N3O3S. The molecule has 0 aromatic heterocycles. The zero-order valence-corrected chi connectivity index (χ0v) is 17.9. The molecule has 1 aromatic carbocycles. The summed E-state index contributed by atoms with van der Waals surface area (Å²) in [6.45, 7) is 6.64. The molecule has 0 spiro atoms. The topological polar surface area (TPSA) is 69.7 Å². The first-order valence-electron chi connectivity index (χ1n) is 10.5. The van der Waals surface area contributed by atoms with E-state index in [-0.39, 0.29) is 5.91 Å². The first-order valence-corrected chi connectivity index (χ1v) is 12.0. The molecule has 6 nitrogen and oxygen atoms in total. The number of amides is 1. The van der Waals surface area contributed by atoms with Crippen molar-refractivity contribution in [3.05, 3.63) is 29.8 Å². The van der Waals surface area contributed by atoms with Crippen LogP contribution in [-0.4, -0.2) is 62.3 Å². The van der Waals surface area contributed by atoms with E-state index >= 15 is 0 Å². The highest BCUT2D eigenvalue weighted by Crippen LogP contribution is 2.23. The number of hydrogen-bond donors (Lipinski definition) is 1. The number of carbonyl (C=O) groups excluding carboxylic acids is 1. The van der Waals surface area contributed by atoms with Crippen LogP contribution in [-0.2, 0) is 14.8 Å². The second-order valence-electron chi connectivity index (χ2n) is 8.11. The van der Waals surface area contributed by atoms with E-state index in [2.05, 4.69) is 19.2 Å². The van der Waals surface area contributed by atoms with E-state index in [1.54, 1.807) is 12.1 Å².